The molecule has 0 radical (unpaired) electrons. The molecule has 1 atom stereocenters. The Kier molecular flexibility index (Phi) is 1.34. The number of hydrogen-bond donors (Lipinski definition) is 2. The van der Waals surface area contributed by atoms with Crippen LogP contribution in [0.15, 0.2) is 5.10 Å². The SMILES string of the molecule is CCN1C=NNC1N. The lowest BCUT2D eigenvalue weighted by atomic mass is 10.6. The number of rotatable bonds is 1. The van der Waals surface area contributed by atoms with Crippen molar-refractivity contribution in [3.05, 3.63) is 0 Å². The molecule has 0 amide bonds. The summed E-state index contributed by atoms with van der Waals surface area (Å²) in [7, 11) is 0. The van der Waals surface area contributed by atoms with Gasteiger partial charge in [-0.1, -0.05) is 0 Å². The Morgan fingerprint density at radius 3 is 3.00 bits per heavy atom. The predicted molar refractivity (Wildman–Crippen MR) is 32.0 cm³/mol. The molecule has 0 bridgehead atoms. The largest absolute Gasteiger partial charge is 0.328 e. The summed E-state index contributed by atoms with van der Waals surface area (Å²) in [6.45, 7) is 2.93. The monoisotopic (exact) mass is 114 g/mol. The summed E-state index contributed by atoms with van der Waals surface area (Å²) < 4.78 is 0. The molecule has 0 aromatic carbocycles. The lowest BCUT2D eigenvalue weighted by Crippen LogP contribution is -2.44. The van der Waals surface area contributed by atoms with Crippen LogP contribution in [0.1, 0.15) is 6.92 Å². The second kappa shape index (κ2) is 2.00. The Morgan fingerprint density at radius 2 is 2.75 bits per heavy atom. The summed E-state index contributed by atoms with van der Waals surface area (Å²) in [5.41, 5.74) is 8.17. The third-order valence-corrected chi connectivity index (χ3v) is 1.14. The van der Waals surface area contributed by atoms with E-state index in [9.17, 15) is 0 Å². The Bertz CT molecular complexity index is 100. The number of hydrogen-bond acceptors (Lipinski definition) is 4. The quantitative estimate of drug-likeness (QED) is 0.464. The van der Waals surface area contributed by atoms with Gasteiger partial charge < -0.3 is 4.90 Å². The zero-order valence-corrected chi connectivity index (χ0v) is 4.83. The molecule has 1 aliphatic heterocycles. The van der Waals surface area contributed by atoms with Gasteiger partial charge in [-0.15, -0.1) is 0 Å². The summed E-state index contributed by atoms with van der Waals surface area (Å²) in [4.78, 5) is 1.90. The summed E-state index contributed by atoms with van der Waals surface area (Å²) in [5.74, 6) is 0. The van der Waals surface area contributed by atoms with Crippen molar-refractivity contribution < 1.29 is 0 Å². The number of nitrogens with zero attached hydrogens (tertiary/aromatic N) is 2. The van der Waals surface area contributed by atoms with Gasteiger partial charge in [0.15, 0.2) is 6.29 Å². The number of nitrogens with one attached hydrogen (secondary N) is 1. The van der Waals surface area contributed by atoms with Gasteiger partial charge in [-0.05, 0) is 6.92 Å². The van der Waals surface area contributed by atoms with Crippen LogP contribution in [0, 0.1) is 0 Å². The summed E-state index contributed by atoms with van der Waals surface area (Å²) >= 11 is 0. The van der Waals surface area contributed by atoms with Crippen LogP contribution in [0.25, 0.3) is 0 Å². The van der Waals surface area contributed by atoms with Crippen molar-refractivity contribution in [2.45, 2.75) is 13.2 Å². The van der Waals surface area contributed by atoms with Crippen molar-refractivity contribution in [3.63, 3.8) is 0 Å². The first-order chi connectivity index (χ1) is 3.84. The molecule has 4 heteroatoms. The maximum Gasteiger partial charge on any atom is 0.168 e. The third kappa shape index (κ3) is 0.742. The lowest BCUT2D eigenvalue weighted by molar-refractivity contribution is 0.326. The molecule has 1 unspecified atom stereocenters. The molecule has 0 aliphatic carbocycles. The van der Waals surface area contributed by atoms with Crippen LogP contribution in [0.4, 0.5) is 0 Å². The smallest absolute Gasteiger partial charge is 0.168 e. The molecule has 0 aromatic rings. The first-order valence-electron chi connectivity index (χ1n) is 2.64. The molecule has 1 aliphatic rings. The third-order valence-electron chi connectivity index (χ3n) is 1.14. The molecule has 0 saturated heterocycles. The molecule has 0 saturated carbocycles. The molecule has 3 N–H and O–H groups in total. The van der Waals surface area contributed by atoms with E-state index in [4.69, 9.17) is 5.73 Å². The highest BCUT2D eigenvalue weighted by molar-refractivity contribution is 5.56. The van der Waals surface area contributed by atoms with Crippen LogP contribution in [-0.4, -0.2) is 24.1 Å². The second-order valence-corrected chi connectivity index (χ2v) is 1.65. The Hall–Kier alpha value is -0.770. The minimum absolute atomic E-state index is 0.111. The Morgan fingerprint density at radius 1 is 2.00 bits per heavy atom. The fourth-order valence-electron chi connectivity index (χ4n) is 0.608. The fourth-order valence-corrected chi connectivity index (χ4v) is 0.608. The molecule has 8 heavy (non-hydrogen) atoms. The van der Waals surface area contributed by atoms with Gasteiger partial charge in [0.2, 0.25) is 0 Å². The zero-order valence-electron chi connectivity index (χ0n) is 4.83. The normalized spacial score (nSPS) is 26.2. The van der Waals surface area contributed by atoms with Crippen molar-refractivity contribution in [2.75, 3.05) is 6.54 Å². The van der Waals surface area contributed by atoms with Gasteiger partial charge in [0, 0.05) is 6.54 Å². The standard InChI is InChI=1S/C4H10N4/c1-2-8-3-6-7-4(8)5/h3-4,7H,2,5H2,1H3. The van der Waals surface area contributed by atoms with E-state index in [1.807, 2.05) is 11.8 Å². The van der Waals surface area contributed by atoms with E-state index >= 15 is 0 Å². The molecule has 1 rings (SSSR count). The maximum atomic E-state index is 5.48. The minimum Gasteiger partial charge on any atom is -0.328 e. The van der Waals surface area contributed by atoms with Crippen LogP contribution in [-0.2, 0) is 0 Å². The van der Waals surface area contributed by atoms with Crippen LogP contribution >= 0.6 is 0 Å². The van der Waals surface area contributed by atoms with E-state index in [2.05, 4.69) is 10.5 Å². The summed E-state index contributed by atoms with van der Waals surface area (Å²) in [5, 5.41) is 3.74. The van der Waals surface area contributed by atoms with Crippen LogP contribution in [0.2, 0.25) is 0 Å². The lowest BCUT2D eigenvalue weighted by Gasteiger charge is -2.16. The van der Waals surface area contributed by atoms with Crippen molar-refractivity contribution in [1.82, 2.24) is 10.3 Å². The maximum absolute atomic E-state index is 5.48. The van der Waals surface area contributed by atoms with Gasteiger partial charge in [0.05, 0.1) is 0 Å². The molecule has 0 fully saturated rings. The highest BCUT2D eigenvalue weighted by atomic mass is 15.5. The highest BCUT2D eigenvalue weighted by Gasteiger charge is 2.10. The molecule has 0 aromatic heterocycles. The highest BCUT2D eigenvalue weighted by Crippen LogP contribution is 1.90. The summed E-state index contributed by atoms with van der Waals surface area (Å²) in [6, 6.07) is 0. The molecular weight excluding hydrogens is 104 g/mol. The zero-order chi connectivity index (χ0) is 5.98. The van der Waals surface area contributed by atoms with E-state index in [0.717, 1.165) is 6.54 Å². The van der Waals surface area contributed by atoms with Crippen LogP contribution in [0.5, 0.6) is 0 Å². The van der Waals surface area contributed by atoms with Gasteiger partial charge in [0.1, 0.15) is 6.34 Å². The van der Waals surface area contributed by atoms with Gasteiger partial charge in [0.25, 0.3) is 0 Å². The summed E-state index contributed by atoms with van der Waals surface area (Å²) in [6.07, 6.45) is 1.59. The average Bonchev–Trinajstić information content (AvgIpc) is 2.14. The fraction of sp³-hybridized carbons (Fsp3) is 0.750. The van der Waals surface area contributed by atoms with Gasteiger partial charge in [-0.2, -0.15) is 5.10 Å². The van der Waals surface area contributed by atoms with Gasteiger partial charge in [-0.3, -0.25) is 11.2 Å². The van der Waals surface area contributed by atoms with E-state index in [-0.39, 0.29) is 6.29 Å². The van der Waals surface area contributed by atoms with Crippen LogP contribution < -0.4 is 11.2 Å². The van der Waals surface area contributed by atoms with Crippen molar-refractivity contribution in [2.24, 2.45) is 10.8 Å². The van der Waals surface area contributed by atoms with Crippen LogP contribution in [0.3, 0.4) is 0 Å². The topological polar surface area (TPSA) is 53.6 Å². The van der Waals surface area contributed by atoms with Gasteiger partial charge >= 0.3 is 0 Å². The van der Waals surface area contributed by atoms with Crippen molar-refractivity contribution in [3.8, 4) is 0 Å². The first-order valence-corrected chi connectivity index (χ1v) is 2.64. The van der Waals surface area contributed by atoms with E-state index < -0.39 is 0 Å². The molecular formula is C4H10N4. The Labute approximate surface area is 48.3 Å². The molecule has 1 heterocycles. The Balaban J connectivity index is 2.41. The average molecular weight is 114 g/mol. The predicted octanol–water partition coefficient (Wildman–Crippen LogP) is -0.903. The molecule has 4 nitrogen and oxygen atoms in total. The van der Waals surface area contributed by atoms with Crippen molar-refractivity contribution in [1.29, 1.82) is 0 Å². The second-order valence-electron chi connectivity index (χ2n) is 1.65. The minimum atomic E-state index is -0.111. The van der Waals surface area contributed by atoms with E-state index in [1.54, 1.807) is 6.34 Å². The first kappa shape index (κ1) is 5.37. The van der Waals surface area contributed by atoms with E-state index in [1.165, 1.54) is 0 Å². The number of hydrazone groups is 1. The van der Waals surface area contributed by atoms with Crippen molar-refractivity contribution >= 4 is 6.34 Å². The van der Waals surface area contributed by atoms with E-state index in [0.29, 0.717) is 0 Å². The molecule has 0 spiro atoms. The van der Waals surface area contributed by atoms with Gasteiger partial charge in [-0.25, -0.2) is 0 Å². The number of nitrogens with two attached hydrogens (primary N) is 1. The molecule has 46 valence electrons.